The van der Waals surface area contributed by atoms with Crippen LogP contribution in [0.2, 0.25) is 5.15 Å². The lowest BCUT2D eigenvalue weighted by Crippen LogP contribution is -1.85. The highest BCUT2D eigenvalue weighted by atomic mass is 35.5. The molecule has 78 valence electrons. The molecule has 0 spiro atoms. The number of rotatable bonds is 1. The number of halogens is 1. The number of fused-ring (bicyclic) bond motifs is 3. The van der Waals surface area contributed by atoms with Crippen molar-refractivity contribution in [3.05, 3.63) is 41.2 Å². The highest BCUT2D eigenvalue weighted by Crippen LogP contribution is 2.31. The molecule has 0 unspecified atom stereocenters. The van der Waals surface area contributed by atoms with Gasteiger partial charge < -0.3 is 4.98 Å². The first-order valence-corrected chi connectivity index (χ1v) is 5.19. The van der Waals surface area contributed by atoms with E-state index in [1.54, 1.807) is 0 Å². The summed E-state index contributed by atoms with van der Waals surface area (Å²) in [4.78, 5) is 18.1. The lowest BCUT2D eigenvalue weighted by molar-refractivity contribution is 0.112. The fraction of sp³-hybridized carbons (Fsp3) is 0. The molecule has 3 rings (SSSR count). The maximum Gasteiger partial charge on any atom is 0.153 e. The van der Waals surface area contributed by atoms with Crippen LogP contribution in [0.15, 0.2) is 30.5 Å². The Morgan fingerprint density at radius 1 is 1.31 bits per heavy atom. The Labute approximate surface area is 96.1 Å². The topological polar surface area (TPSA) is 45.8 Å². The van der Waals surface area contributed by atoms with E-state index in [0.717, 1.165) is 28.1 Å². The summed E-state index contributed by atoms with van der Waals surface area (Å²) in [5, 5.41) is 2.21. The number of para-hydroxylation sites is 1. The van der Waals surface area contributed by atoms with E-state index in [9.17, 15) is 4.79 Å². The van der Waals surface area contributed by atoms with Crippen LogP contribution < -0.4 is 0 Å². The summed E-state index contributed by atoms with van der Waals surface area (Å²) in [6, 6.07) is 7.76. The number of carbonyl (C=O) groups is 1. The average molecular weight is 231 g/mol. The van der Waals surface area contributed by atoms with Crippen LogP contribution in [-0.2, 0) is 0 Å². The van der Waals surface area contributed by atoms with Crippen LogP contribution in [0.3, 0.4) is 0 Å². The lowest BCUT2D eigenvalue weighted by atomic mass is 10.1. The summed E-state index contributed by atoms with van der Waals surface area (Å²) in [5.41, 5.74) is 2.22. The fourth-order valence-electron chi connectivity index (χ4n) is 1.92. The Morgan fingerprint density at radius 2 is 2.12 bits per heavy atom. The Kier molecular flexibility index (Phi) is 1.94. The summed E-state index contributed by atoms with van der Waals surface area (Å²) in [5.74, 6) is 0. The zero-order valence-corrected chi connectivity index (χ0v) is 8.95. The Balaban J connectivity index is 2.62. The molecule has 4 heteroatoms. The molecule has 0 atom stereocenters. The number of pyridine rings is 1. The number of H-pyrrole nitrogens is 1. The van der Waals surface area contributed by atoms with Gasteiger partial charge in [-0.3, -0.25) is 4.79 Å². The molecule has 0 aliphatic heterocycles. The fourth-order valence-corrected chi connectivity index (χ4v) is 2.16. The Bertz CT molecular complexity index is 703. The van der Waals surface area contributed by atoms with Gasteiger partial charge in [0.1, 0.15) is 5.15 Å². The number of nitrogens with one attached hydrogen (secondary N) is 1. The average Bonchev–Trinajstić information content (AvgIpc) is 2.69. The van der Waals surface area contributed by atoms with Crippen molar-refractivity contribution in [3.8, 4) is 0 Å². The Hall–Kier alpha value is -1.87. The third kappa shape index (κ3) is 1.15. The highest BCUT2D eigenvalue weighted by molar-refractivity contribution is 6.37. The maximum atomic E-state index is 10.9. The van der Waals surface area contributed by atoms with Gasteiger partial charge in [0.2, 0.25) is 0 Å². The molecule has 1 aromatic carbocycles. The van der Waals surface area contributed by atoms with Gasteiger partial charge in [0.25, 0.3) is 0 Å². The first kappa shape index (κ1) is 9.36. The third-order valence-corrected chi connectivity index (χ3v) is 2.93. The quantitative estimate of drug-likeness (QED) is 0.516. The van der Waals surface area contributed by atoms with Crippen LogP contribution in [0.25, 0.3) is 21.8 Å². The van der Waals surface area contributed by atoms with Gasteiger partial charge in [-0.05, 0) is 6.07 Å². The standard InChI is InChI=1S/C12H7ClN2O/c13-12-10-8-3-1-2-4-9(8)15-11(10)7(6-16)5-14-12/h1-6,15H. The summed E-state index contributed by atoms with van der Waals surface area (Å²) in [7, 11) is 0. The molecule has 3 aromatic rings. The SMILES string of the molecule is O=Cc1cnc(Cl)c2c1[nH]c1ccccc12. The van der Waals surface area contributed by atoms with E-state index < -0.39 is 0 Å². The lowest BCUT2D eigenvalue weighted by Gasteiger charge is -1.96. The van der Waals surface area contributed by atoms with Crippen LogP contribution in [0.1, 0.15) is 10.4 Å². The van der Waals surface area contributed by atoms with Gasteiger partial charge in [0, 0.05) is 22.5 Å². The zero-order valence-electron chi connectivity index (χ0n) is 8.20. The molecule has 0 aliphatic carbocycles. The number of aromatic amines is 1. The molecule has 0 saturated carbocycles. The van der Waals surface area contributed by atoms with E-state index >= 15 is 0 Å². The second kappa shape index (κ2) is 3.32. The van der Waals surface area contributed by atoms with Crippen molar-refractivity contribution < 1.29 is 4.79 Å². The second-order valence-corrected chi connectivity index (χ2v) is 3.90. The van der Waals surface area contributed by atoms with Gasteiger partial charge in [-0.25, -0.2) is 4.98 Å². The molecule has 2 aromatic heterocycles. The first-order chi connectivity index (χ1) is 7.81. The van der Waals surface area contributed by atoms with Crippen molar-refractivity contribution in [1.29, 1.82) is 0 Å². The number of aldehydes is 1. The maximum absolute atomic E-state index is 10.9. The van der Waals surface area contributed by atoms with Crippen molar-refractivity contribution in [1.82, 2.24) is 9.97 Å². The summed E-state index contributed by atoms with van der Waals surface area (Å²) in [6.07, 6.45) is 2.26. The van der Waals surface area contributed by atoms with E-state index in [-0.39, 0.29) is 0 Å². The second-order valence-electron chi connectivity index (χ2n) is 3.54. The molecule has 0 radical (unpaired) electrons. The number of hydrogen-bond acceptors (Lipinski definition) is 2. The number of hydrogen-bond donors (Lipinski definition) is 1. The van der Waals surface area contributed by atoms with Crippen molar-refractivity contribution in [2.75, 3.05) is 0 Å². The predicted octanol–water partition coefficient (Wildman–Crippen LogP) is 3.18. The molecule has 0 saturated heterocycles. The molecule has 0 aliphatic rings. The molecule has 0 amide bonds. The molecule has 0 bridgehead atoms. The number of benzene rings is 1. The van der Waals surface area contributed by atoms with Gasteiger partial charge in [-0.1, -0.05) is 29.8 Å². The summed E-state index contributed by atoms with van der Waals surface area (Å²) >= 11 is 6.06. The molecule has 3 nitrogen and oxygen atoms in total. The van der Waals surface area contributed by atoms with Crippen molar-refractivity contribution >= 4 is 39.7 Å². The van der Waals surface area contributed by atoms with Gasteiger partial charge >= 0.3 is 0 Å². The number of carbonyl (C=O) groups excluding carboxylic acids is 1. The van der Waals surface area contributed by atoms with E-state index in [2.05, 4.69) is 9.97 Å². The van der Waals surface area contributed by atoms with Gasteiger partial charge in [0.15, 0.2) is 6.29 Å². The minimum atomic E-state index is 0.415. The molecule has 0 fully saturated rings. The van der Waals surface area contributed by atoms with Crippen molar-refractivity contribution in [2.45, 2.75) is 0 Å². The summed E-state index contributed by atoms with van der Waals surface area (Å²) in [6.45, 7) is 0. The molecule has 16 heavy (non-hydrogen) atoms. The van der Waals surface area contributed by atoms with Crippen molar-refractivity contribution in [3.63, 3.8) is 0 Å². The van der Waals surface area contributed by atoms with E-state index in [1.807, 2.05) is 24.3 Å². The molecular formula is C12H7ClN2O. The largest absolute Gasteiger partial charge is 0.354 e. The van der Waals surface area contributed by atoms with Crippen molar-refractivity contribution in [2.24, 2.45) is 0 Å². The van der Waals surface area contributed by atoms with E-state index in [0.29, 0.717) is 10.7 Å². The highest BCUT2D eigenvalue weighted by Gasteiger charge is 2.11. The van der Waals surface area contributed by atoms with Crippen LogP contribution in [0, 0.1) is 0 Å². The summed E-state index contributed by atoms with van der Waals surface area (Å²) < 4.78 is 0. The Morgan fingerprint density at radius 3 is 2.94 bits per heavy atom. The van der Waals surface area contributed by atoms with Gasteiger partial charge in [0.05, 0.1) is 11.1 Å². The van der Waals surface area contributed by atoms with E-state index in [4.69, 9.17) is 11.6 Å². The van der Waals surface area contributed by atoms with Crippen LogP contribution in [0.5, 0.6) is 0 Å². The third-order valence-electron chi connectivity index (χ3n) is 2.64. The van der Waals surface area contributed by atoms with E-state index in [1.165, 1.54) is 6.20 Å². The van der Waals surface area contributed by atoms with Crippen LogP contribution >= 0.6 is 11.6 Å². The molecule has 2 heterocycles. The number of aromatic nitrogens is 2. The minimum absolute atomic E-state index is 0.415. The normalized spacial score (nSPS) is 11.1. The first-order valence-electron chi connectivity index (χ1n) is 4.81. The minimum Gasteiger partial charge on any atom is -0.354 e. The van der Waals surface area contributed by atoms with Crippen LogP contribution in [0.4, 0.5) is 0 Å². The van der Waals surface area contributed by atoms with Gasteiger partial charge in [-0.2, -0.15) is 0 Å². The molecule has 1 N–H and O–H groups in total. The monoisotopic (exact) mass is 230 g/mol. The van der Waals surface area contributed by atoms with Crippen LogP contribution in [-0.4, -0.2) is 16.3 Å². The van der Waals surface area contributed by atoms with Gasteiger partial charge in [-0.15, -0.1) is 0 Å². The smallest absolute Gasteiger partial charge is 0.153 e. The molecular weight excluding hydrogens is 224 g/mol. The predicted molar refractivity (Wildman–Crippen MR) is 64.0 cm³/mol. The zero-order chi connectivity index (χ0) is 11.1. The number of nitrogens with zero attached hydrogens (tertiary/aromatic N) is 1.